The highest BCUT2D eigenvalue weighted by Crippen LogP contribution is 2.07. The summed E-state index contributed by atoms with van der Waals surface area (Å²) in [6.45, 7) is 0.680. The number of likely N-dealkylation sites (tertiary alicyclic amines) is 1. The molecule has 6 heteroatoms. The quantitative estimate of drug-likeness (QED) is 0.603. The first kappa shape index (κ1) is 8.86. The summed E-state index contributed by atoms with van der Waals surface area (Å²) < 4.78 is 4.77. The van der Waals surface area contributed by atoms with E-state index in [1.807, 2.05) is 0 Å². The van der Waals surface area contributed by atoms with Crippen molar-refractivity contribution in [1.82, 2.24) is 15.0 Å². The maximum atomic E-state index is 11.2. The highest BCUT2D eigenvalue weighted by atomic mass is 16.5. The lowest BCUT2D eigenvalue weighted by Crippen LogP contribution is -2.27. The van der Waals surface area contributed by atoms with Gasteiger partial charge >= 0.3 is 0 Å². The first-order valence-corrected chi connectivity index (χ1v) is 4.31. The molecule has 0 spiro atoms. The number of Topliss-reactive ketones (excluding diaryl/α,β-unsaturated/α-hetero) is 1. The van der Waals surface area contributed by atoms with Crippen molar-refractivity contribution >= 4 is 11.7 Å². The van der Waals surface area contributed by atoms with E-state index in [-0.39, 0.29) is 24.7 Å². The summed E-state index contributed by atoms with van der Waals surface area (Å²) in [4.78, 5) is 27.4. The maximum Gasteiger partial charge on any atom is 0.230 e. The van der Waals surface area contributed by atoms with Crippen molar-refractivity contribution in [2.24, 2.45) is 0 Å². The molecular formula is C8H9N3O3. The van der Waals surface area contributed by atoms with Crippen molar-refractivity contribution in [2.45, 2.75) is 12.8 Å². The van der Waals surface area contributed by atoms with Gasteiger partial charge in [0.2, 0.25) is 11.8 Å². The Morgan fingerprint density at radius 3 is 2.93 bits per heavy atom. The smallest absolute Gasteiger partial charge is 0.230 e. The van der Waals surface area contributed by atoms with Crippen LogP contribution in [0.4, 0.5) is 0 Å². The average molecular weight is 195 g/mol. The Hall–Kier alpha value is -1.72. The van der Waals surface area contributed by atoms with Gasteiger partial charge in [-0.1, -0.05) is 5.16 Å². The zero-order valence-electron chi connectivity index (χ0n) is 7.47. The molecule has 1 amide bonds. The molecule has 1 saturated heterocycles. The molecule has 6 nitrogen and oxygen atoms in total. The molecule has 0 N–H and O–H groups in total. The highest BCUT2D eigenvalue weighted by molar-refractivity contribution is 6.05. The van der Waals surface area contributed by atoms with Crippen LogP contribution >= 0.6 is 0 Å². The van der Waals surface area contributed by atoms with Gasteiger partial charge in [-0.15, -0.1) is 0 Å². The van der Waals surface area contributed by atoms with Crippen molar-refractivity contribution in [3.63, 3.8) is 0 Å². The molecule has 0 saturated carbocycles. The molecule has 0 bridgehead atoms. The Balaban J connectivity index is 1.87. The molecule has 14 heavy (non-hydrogen) atoms. The van der Waals surface area contributed by atoms with Crippen LogP contribution in [0.1, 0.15) is 12.3 Å². The molecular weight excluding hydrogens is 186 g/mol. The lowest BCUT2D eigenvalue weighted by Gasteiger charge is -2.11. The molecule has 74 valence electrons. The Morgan fingerprint density at radius 1 is 1.50 bits per heavy atom. The van der Waals surface area contributed by atoms with Crippen LogP contribution in [0, 0.1) is 0 Å². The van der Waals surface area contributed by atoms with Gasteiger partial charge in [0.25, 0.3) is 0 Å². The fraction of sp³-hybridized carbons (Fsp3) is 0.500. The van der Waals surface area contributed by atoms with Crippen LogP contribution in [-0.4, -0.2) is 39.8 Å². The standard InChI is InChI=1S/C8H9N3O3/c12-6-3-8(13)11(4-6)2-1-7-9-5-10-14-7/h5H,1-4H2. The number of nitrogens with zero attached hydrogens (tertiary/aromatic N) is 3. The van der Waals surface area contributed by atoms with Gasteiger partial charge in [0.1, 0.15) is 0 Å². The van der Waals surface area contributed by atoms with Crippen LogP contribution in [0.15, 0.2) is 10.9 Å². The van der Waals surface area contributed by atoms with Crippen molar-refractivity contribution in [2.75, 3.05) is 13.1 Å². The highest BCUT2D eigenvalue weighted by Gasteiger charge is 2.26. The number of ketones is 1. The van der Waals surface area contributed by atoms with Crippen molar-refractivity contribution in [3.05, 3.63) is 12.2 Å². The molecule has 1 fully saturated rings. The average Bonchev–Trinajstić information content (AvgIpc) is 2.72. The van der Waals surface area contributed by atoms with E-state index < -0.39 is 0 Å². The van der Waals surface area contributed by atoms with Crippen LogP contribution in [0.2, 0.25) is 0 Å². The normalized spacial score (nSPS) is 16.7. The second kappa shape index (κ2) is 3.57. The molecule has 1 aromatic rings. The van der Waals surface area contributed by atoms with Gasteiger partial charge in [0, 0.05) is 13.0 Å². The number of rotatable bonds is 3. The predicted molar refractivity (Wildman–Crippen MR) is 44.2 cm³/mol. The zero-order valence-corrected chi connectivity index (χ0v) is 7.47. The minimum atomic E-state index is -0.116. The van der Waals surface area contributed by atoms with E-state index in [1.165, 1.54) is 11.2 Å². The second-order valence-electron chi connectivity index (χ2n) is 3.12. The lowest BCUT2D eigenvalue weighted by atomic mass is 10.3. The third kappa shape index (κ3) is 1.78. The Bertz CT molecular complexity index is 347. The molecule has 1 aliphatic rings. The fourth-order valence-corrected chi connectivity index (χ4v) is 1.38. The maximum absolute atomic E-state index is 11.2. The fourth-order valence-electron chi connectivity index (χ4n) is 1.38. The number of hydrogen-bond donors (Lipinski definition) is 0. The van der Waals surface area contributed by atoms with Gasteiger partial charge in [-0.25, -0.2) is 0 Å². The van der Waals surface area contributed by atoms with Crippen LogP contribution in [0.25, 0.3) is 0 Å². The first-order chi connectivity index (χ1) is 6.75. The Morgan fingerprint density at radius 2 is 2.36 bits per heavy atom. The van der Waals surface area contributed by atoms with Gasteiger partial charge in [-0.05, 0) is 0 Å². The summed E-state index contributed by atoms with van der Waals surface area (Å²) >= 11 is 0. The molecule has 1 aliphatic heterocycles. The van der Waals surface area contributed by atoms with Crippen LogP contribution in [0.5, 0.6) is 0 Å². The third-order valence-electron chi connectivity index (χ3n) is 2.07. The number of amides is 1. The summed E-state index contributed by atoms with van der Waals surface area (Å²) in [7, 11) is 0. The van der Waals surface area contributed by atoms with E-state index in [0.29, 0.717) is 18.9 Å². The van der Waals surface area contributed by atoms with Crippen molar-refractivity contribution in [3.8, 4) is 0 Å². The lowest BCUT2D eigenvalue weighted by molar-refractivity contribution is -0.127. The molecule has 2 heterocycles. The third-order valence-corrected chi connectivity index (χ3v) is 2.07. The number of carbonyl (C=O) groups is 2. The van der Waals surface area contributed by atoms with Gasteiger partial charge in [-0.2, -0.15) is 4.98 Å². The number of carbonyl (C=O) groups excluding carboxylic acids is 2. The summed E-state index contributed by atoms with van der Waals surface area (Å²) in [6, 6.07) is 0. The van der Waals surface area contributed by atoms with Crippen molar-refractivity contribution < 1.29 is 14.1 Å². The second-order valence-corrected chi connectivity index (χ2v) is 3.12. The van der Waals surface area contributed by atoms with E-state index in [0.717, 1.165) is 0 Å². The minimum Gasteiger partial charge on any atom is -0.340 e. The topological polar surface area (TPSA) is 76.3 Å². The molecule has 0 atom stereocenters. The van der Waals surface area contributed by atoms with Gasteiger partial charge < -0.3 is 9.42 Å². The molecule has 1 aromatic heterocycles. The molecule has 0 radical (unpaired) electrons. The van der Waals surface area contributed by atoms with Gasteiger partial charge in [0.05, 0.1) is 13.0 Å². The zero-order chi connectivity index (χ0) is 9.97. The van der Waals surface area contributed by atoms with Gasteiger partial charge in [0.15, 0.2) is 12.1 Å². The number of hydrogen-bond acceptors (Lipinski definition) is 5. The predicted octanol–water partition coefficient (Wildman–Crippen LogP) is -0.587. The van der Waals surface area contributed by atoms with Gasteiger partial charge in [-0.3, -0.25) is 9.59 Å². The first-order valence-electron chi connectivity index (χ1n) is 4.31. The SMILES string of the molecule is O=C1CC(=O)N(CCc2ncno2)C1. The minimum absolute atomic E-state index is 0.0273. The Labute approximate surface area is 79.9 Å². The molecule has 0 unspecified atom stereocenters. The van der Waals surface area contributed by atoms with E-state index in [2.05, 4.69) is 10.1 Å². The molecule has 0 aromatic carbocycles. The summed E-state index contributed by atoms with van der Waals surface area (Å²) in [5, 5.41) is 3.44. The van der Waals surface area contributed by atoms with E-state index in [1.54, 1.807) is 0 Å². The molecule has 2 rings (SSSR count). The van der Waals surface area contributed by atoms with Crippen molar-refractivity contribution in [1.29, 1.82) is 0 Å². The van der Waals surface area contributed by atoms with Crippen LogP contribution in [0.3, 0.4) is 0 Å². The summed E-state index contributed by atoms with van der Waals surface area (Å²) in [5.74, 6) is 0.340. The van der Waals surface area contributed by atoms with E-state index in [9.17, 15) is 9.59 Å². The number of aromatic nitrogens is 2. The van der Waals surface area contributed by atoms with E-state index in [4.69, 9.17) is 4.52 Å². The largest absolute Gasteiger partial charge is 0.340 e. The summed E-state index contributed by atoms with van der Waals surface area (Å²) in [5.41, 5.74) is 0. The summed E-state index contributed by atoms with van der Waals surface area (Å²) in [6.07, 6.45) is 1.84. The Kier molecular flexibility index (Phi) is 2.26. The van der Waals surface area contributed by atoms with E-state index >= 15 is 0 Å². The van der Waals surface area contributed by atoms with Crippen LogP contribution < -0.4 is 0 Å². The van der Waals surface area contributed by atoms with Crippen LogP contribution in [-0.2, 0) is 16.0 Å². The molecule has 0 aliphatic carbocycles. The monoisotopic (exact) mass is 195 g/mol.